The van der Waals surface area contributed by atoms with Crippen molar-refractivity contribution in [2.75, 3.05) is 50.1 Å². The molecule has 10 heteroatoms. The highest BCUT2D eigenvalue weighted by atomic mass is 19.4. The number of halogens is 3. The third-order valence-corrected chi connectivity index (χ3v) is 5.60. The number of pyridine rings is 1. The summed E-state index contributed by atoms with van der Waals surface area (Å²) in [6, 6.07) is 3.76. The molecule has 4 rings (SSSR count). The average Bonchev–Trinajstić information content (AvgIpc) is 3.13. The molecule has 1 N–H and O–H groups in total. The molecule has 2 aromatic rings. The molecule has 0 spiro atoms. The number of rotatable bonds is 4. The summed E-state index contributed by atoms with van der Waals surface area (Å²) in [6.07, 6.45) is -2.32. The molecule has 4 heterocycles. The predicted molar refractivity (Wildman–Crippen MR) is 112 cm³/mol. The van der Waals surface area contributed by atoms with Crippen LogP contribution < -0.4 is 10.2 Å². The maximum absolute atomic E-state index is 13.1. The van der Waals surface area contributed by atoms with E-state index in [-0.39, 0.29) is 17.3 Å². The van der Waals surface area contributed by atoms with Crippen LogP contribution >= 0.6 is 0 Å². The van der Waals surface area contributed by atoms with E-state index in [4.69, 9.17) is 9.72 Å². The van der Waals surface area contributed by atoms with Crippen molar-refractivity contribution in [1.29, 1.82) is 0 Å². The molecule has 0 bridgehead atoms. The summed E-state index contributed by atoms with van der Waals surface area (Å²) < 4.78 is 45.1. The summed E-state index contributed by atoms with van der Waals surface area (Å²) >= 11 is 0. The first-order chi connectivity index (χ1) is 14.6. The van der Waals surface area contributed by atoms with Gasteiger partial charge >= 0.3 is 6.18 Å². The smallest absolute Gasteiger partial charge is 0.372 e. The molecule has 168 valence electrons. The predicted octanol–water partition coefficient (Wildman–Crippen LogP) is 3.67. The number of likely N-dealkylation sites (N-methyl/N-ethyl adjacent to an activating group) is 1. The van der Waals surface area contributed by atoms with E-state index in [9.17, 15) is 13.2 Å². The molecule has 7 nitrogen and oxygen atoms in total. The second kappa shape index (κ2) is 8.23. The van der Waals surface area contributed by atoms with E-state index < -0.39 is 11.7 Å². The number of hydrogen-bond acceptors (Lipinski definition) is 7. The fraction of sp³-hybridized carbons (Fsp3) is 0.571. The van der Waals surface area contributed by atoms with Gasteiger partial charge in [0, 0.05) is 37.8 Å². The maximum atomic E-state index is 13.1. The Bertz CT molecular complexity index is 936. The van der Waals surface area contributed by atoms with E-state index in [2.05, 4.69) is 32.1 Å². The van der Waals surface area contributed by atoms with Gasteiger partial charge in [0.05, 0.1) is 23.5 Å². The lowest BCUT2D eigenvalue weighted by Crippen LogP contribution is -2.49. The van der Waals surface area contributed by atoms with Crippen molar-refractivity contribution >= 4 is 17.6 Å². The molecule has 2 fully saturated rings. The minimum absolute atomic E-state index is 0.0938. The van der Waals surface area contributed by atoms with Crippen molar-refractivity contribution in [1.82, 2.24) is 19.9 Å². The number of aromatic nitrogens is 3. The van der Waals surface area contributed by atoms with E-state index in [1.807, 2.05) is 19.9 Å². The maximum Gasteiger partial charge on any atom is 0.416 e. The van der Waals surface area contributed by atoms with Crippen molar-refractivity contribution in [2.24, 2.45) is 0 Å². The highest BCUT2D eigenvalue weighted by molar-refractivity contribution is 5.55. The van der Waals surface area contributed by atoms with Crippen LogP contribution in [0.15, 0.2) is 24.4 Å². The average molecular weight is 436 g/mol. The highest BCUT2D eigenvalue weighted by Gasteiger charge is 2.32. The van der Waals surface area contributed by atoms with Crippen molar-refractivity contribution < 1.29 is 17.9 Å². The molecule has 1 unspecified atom stereocenters. The second-order valence-electron chi connectivity index (χ2n) is 8.81. The Labute approximate surface area is 179 Å². The number of anilines is 3. The molecule has 2 aliphatic rings. The molecule has 2 saturated heterocycles. The zero-order valence-corrected chi connectivity index (χ0v) is 17.9. The quantitative estimate of drug-likeness (QED) is 0.785. The van der Waals surface area contributed by atoms with Crippen LogP contribution in [0.25, 0.3) is 0 Å². The Kier molecular flexibility index (Phi) is 5.78. The highest BCUT2D eigenvalue weighted by Crippen LogP contribution is 2.32. The lowest BCUT2D eigenvalue weighted by atomic mass is 10.0. The molecular formula is C21H27F3N6O. The molecule has 1 atom stereocenters. The van der Waals surface area contributed by atoms with Crippen molar-refractivity contribution in [3.05, 3.63) is 35.7 Å². The van der Waals surface area contributed by atoms with Crippen LogP contribution in [0.5, 0.6) is 0 Å². The molecule has 31 heavy (non-hydrogen) atoms. The van der Waals surface area contributed by atoms with Gasteiger partial charge < -0.3 is 19.9 Å². The van der Waals surface area contributed by atoms with Crippen LogP contribution in [0.1, 0.15) is 37.4 Å². The van der Waals surface area contributed by atoms with E-state index in [0.29, 0.717) is 31.5 Å². The van der Waals surface area contributed by atoms with Gasteiger partial charge in [0.25, 0.3) is 0 Å². The largest absolute Gasteiger partial charge is 0.416 e. The van der Waals surface area contributed by atoms with E-state index in [0.717, 1.165) is 43.5 Å². The van der Waals surface area contributed by atoms with E-state index in [1.165, 1.54) is 0 Å². The monoisotopic (exact) mass is 436 g/mol. The van der Waals surface area contributed by atoms with Crippen LogP contribution in [0.2, 0.25) is 0 Å². The number of likely N-dealkylation sites (tertiary alicyclic amines) is 1. The normalized spacial score (nSPS) is 22.0. The Morgan fingerprint density at radius 2 is 1.97 bits per heavy atom. The standard InChI is InChI=1S/C21H27F3N6O/c1-20(2)13-30(8-9-31-20)19-26-16(14-5-7-29(3)12-14)11-18(28-19)27-17-10-15(4-6-25-17)21(22,23)24/h4,6,10-11,14H,5,7-9,12-13H2,1-3H3,(H,25,26,27,28). The number of alkyl halides is 3. The van der Waals surface area contributed by atoms with E-state index in [1.54, 1.807) is 0 Å². The van der Waals surface area contributed by atoms with Gasteiger partial charge in [-0.1, -0.05) is 0 Å². The minimum Gasteiger partial charge on any atom is -0.372 e. The SMILES string of the molecule is CN1CCC(c2cc(Nc3cc(C(F)(F)F)ccn3)nc(N3CCOC(C)(C)C3)n2)C1. The summed E-state index contributed by atoms with van der Waals surface area (Å²) in [4.78, 5) is 17.8. The molecule has 0 aliphatic carbocycles. The Balaban J connectivity index is 1.66. The van der Waals surface area contributed by atoms with Gasteiger partial charge in [0.2, 0.25) is 5.95 Å². The van der Waals surface area contributed by atoms with Crippen LogP contribution in [0.4, 0.5) is 30.8 Å². The summed E-state index contributed by atoms with van der Waals surface area (Å²) in [5.74, 6) is 1.33. The zero-order valence-electron chi connectivity index (χ0n) is 17.9. The van der Waals surface area contributed by atoms with Gasteiger partial charge in [-0.15, -0.1) is 0 Å². The first-order valence-electron chi connectivity index (χ1n) is 10.4. The Morgan fingerprint density at radius 1 is 1.16 bits per heavy atom. The molecule has 0 saturated carbocycles. The summed E-state index contributed by atoms with van der Waals surface area (Å²) in [7, 11) is 2.07. The van der Waals surface area contributed by atoms with Crippen molar-refractivity contribution in [3.8, 4) is 0 Å². The summed E-state index contributed by atoms with van der Waals surface area (Å²) in [5, 5.41) is 2.96. The molecule has 0 aromatic carbocycles. The third-order valence-electron chi connectivity index (χ3n) is 5.60. The first kappa shape index (κ1) is 21.8. The van der Waals surface area contributed by atoms with Crippen molar-refractivity contribution in [3.63, 3.8) is 0 Å². The van der Waals surface area contributed by atoms with Gasteiger partial charge in [-0.25, -0.2) is 9.97 Å². The number of morpholine rings is 1. The summed E-state index contributed by atoms with van der Waals surface area (Å²) in [5.41, 5.74) is -0.207. The molecule has 2 aromatic heterocycles. The number of ether oxygens (including phenoxy) is 1. The van der Waals surface area contributed by atoms with Gasteiger partial charge in [0.1, 0.15) is 11.6 Å². The number of nitrogens with one attached hydrogen (secondary N) is 1. The molecular weight excluding hydrogens is 409 g/mol. The van der Waals surface area contributed by atoms with Crippen LogP contribution in [0.3, 0.4) is 0 Å². The van der Waals surface area contributed by atoms with Crippen LogP contribution in [-0.2, 0) is 10.9 Å². The van der Waals surface area contributed by atoms with Gasteiger partial charge in [-0.3, -0.25) is 0 Å². The topological polar surface area (TPSA) is 66.4 Å². The lowest BCUT2D eigenvalue weighted by Gasteiger charge is -2.38. The number of hydrogen-bond donors (Lipinski definition) is 1. The molecule has 2 aliphatic heterocycles. The minimum atomic E-state index is -4.44. The first-order valence-corrected chi connectivity index (χ1v) is 10.4. The third kappa shape index (κ3) is 5.24. The van der Waals surface area contributed by atoms with Gasteiger partial charge in [0.15, 0.2) is 0 Å². The fourth-order valence-electron chi connectivity index (χ4n) is 4.04. The summed E-state index contributed by atoms with van der Waals surface area (Å²) in [6.45, 7) is 7.73. The zero-order chi connectivity index (χ0) is 22.2. The lowest BCUT2D eigenvalue weighted by molar-refractivity contribution is -0.137. The van der Waals surface area contributed by atoms with Crippen molar-refractivity contribution in [2.45, 2.75) is 38.0 Å². The molecule has 0 amide bonds. The Morgan fingerprint density at radius 3 is 2.65 bits per heavy atom. The van der Waals surface area contributed by atoms with E-state index >= 15 is 0 Å². The number of nitrogens with zero attached hydrogens (tertiary/aromatic N) is 5. The van der Waals surface area contributed by atoms with Crippen LogP contribution in [0, 0.1) is 0 Å². The fourth-order valence-corrected chi connectivity index (χ4v) is 4.04. The van der Waals surface area contributed by atoms with Gasteiger partial charge in [-0.05, 0) is 46.0 Å². The van der Waals surface area contributed by atoms with Crippen LogP contribution in [-0.4, -0.2) is 65.3 Å². The molecule has 0 radical (unpaired) electrons. The Hall–Kier alpha value is -2.46. The van der Waals surface area contributed by atoms with Gasteiger partial charge in [-0.2, -0.15) is 18.2 Å². The second-order valence-corrected chi connectivity index (χ2v) is 8.81.